The number of carbonyl (C=O) groups is 1. The molecule has 0 fully saturated rings. The molecule has 2 rings (SSSR count). The van der Waals surface area contributed by atoms with E-state index in [0.29, 0.717) is 5.75 Å². The highest BCUT2D eigenvalue weighted by molar-refractivity contribution is 5.81. The summed E-state index contributed by atoms with van der Waals surface area (Å²) in [5.74, 6) is -0.0674. The lowest BCUT2D eigenvalue weighted by Gasteiger charge is -2.20. The van der Waals surface area contributed by atoms with Crippen molar-refractivity contribution in [2.45, 2.75) is 33.1 Å². The minimum absolute atomic E-state index is 0.0380. The average molecular weight is 359 g/mol. The summed E-state index contributed by atoms with van der Waals surface area (Å²) in [6.45, 7) is 8.10. The molecule has 138 valence electrons. The maximum absolute atomic E-state index is 11.8. The van der Waals surface area contributed by atoms with Crippen LogP contribution in [-0.4, -0.2) is 23.7 Å². The molecule has 26 heavy (non-hydrogen) atoms. The first kappa shape index (κ1) is 19.2. The molecule has 0 aliphatic rings. The van der Waals surface area contributed by atoms with Crippen LogP contribution in [0.2, 0.25) is 0 Å². The number of hydrogen-bond acceptors (Lipinski definition) is 6. The van der Waals surface area contributed by atoms with E-state index in [4.69, 9.17) is 9.15 Å². The van der Waals surface area contributed by atoms with Crippen molar-refractivity contribution in [3.8, 4) is 5.75 Å². The van der Waals surface area contributed by atoms with Gasteiger partial charge in [0.15, 0.2) is 12.4 Å². The van der Waals surface area contributed by atoms with E-state index in [1.54, 1.807) is 0 Å². The molecule has 8 heteroatoms. The van der Waals surface area contributed by atoms with Crippen LogP contribution in [0.4, 0.5) is 5.88 Å². The molecular formula is C18H21N3O5. The Labute approximate surface area is 151 Å². The fourth-order valence-corrected chi connectivity index (χ4v) is 2.13. The highest BCUT2D eigenvalue weighted by Crippen LogP contribution is 2.27. The lowest BCUT2D eigenvalue weighted by molar-refractivity contribution is -0.402. The van der Waals surface area contributed by atoms with Crippen molar-refractivity contribution in [3.05, 3.63) is 57.3 Å². The van der Waals surface area contributed by atoms with E-state index in [1.807, 2.05) is 25.1 Å². The number of hydrogen-bond donors (Lipinski definition) is 1. The van der Waals surface area contributed by atoms with Gasteiger partial charge in [-0.05, 0) is 35.6 Å². The zero-order valence-electron chi connectivity index (χ0n) is 15.1. The number of nitrogens with zero attached hydrogens (tertiary/aromatic N) is 2. The normalized spacial score (nSPS) is 11.5. The highest BCUT2D eigenvalue weighted by atomic mass is 16.6. The van der Waals surface area contributed by atoms with Crippen LogP contribution in [-0.2, 0) is 10.2 Å². The molecule has 1 N–H and O–H groups in total. The Hall–Kier alpha value is -3.16. The van der Waals surface area contributed by atoms with Crippen molar-refractivity contribution in [2.75, 3.05) is 6.61 Å². The van der Waals surface area contributed by atoms with E-state index in [2.05, 4.69) is 31.3 Å². The van der Waals surface area contributed by atoms with Gasteiger partial charge >= 0.3 is 5.88 Å². The number of hydrazone groups is 1. The van der Waals surface area contributed by atoms with Gasteiger partial charge in [-0.3, -0.25) is 14.9 Å². The molecule has 0 unspecified atom stereocenters. The zero-order valence-corrected chi connectivity index (χ0v) is 15.1. The van der Waals surface area contributed by atoms with Crippen LogP contribution in [0.3, 0.4) is 0 Å². The van der Waals surface area contributed by atoms with Crippen molar-refractivity contribution in [1.82, 2.24) is 5.43 Å². The summed E-state index contributed by atoms with van der Waals surface area (Å²) in [5, 5.41) is 14.2. The average Bonchev–Trinajstić information content (AvgIpc) is 3.02. The fraction of sp³-hybridized carbons (Fsp3) is 0.333. The smallest absolute Gasteiger partial charge is 0.433 e. The van der Waals surface area contributed by atoms with Crippen LogP contribution in [0.25, 0.3) is 0 Å². The summed E-state index contributed by atoms with van der Waals surface area (Å²) < 4.78 is 10.4. The van der Waals surface area contributed by atoms with Crippen molar-refractivity contribution in [2.24, 2.45) is 5.10 Å². The first-order chi connectivity index (χ1) is 12.2. The van der Waals surface area contributed by atoms with Gasteiger partial charge in [-0.1, -0.05) is 32.9 Å². The van der Waals surface area contributed by atoms with Gasteiger partial charge in [0.2, 0.25) is 0 Å². The fourth-order valence-electron chi connectivity index (χ4n) is 2.13. The Morgan fingerprint density at radius 2 is 2.08 bits per heavy atom. The summed E-state index contributed by atoms with van der Waals surface area (Å²) >= 11 is 0. The second-order valence-corrected chi connectivity index (χ2v) is 6.75. The molecule has 8 nitrogen and oxygen atoms in total. The van der Waals surface area contributed by atoms with Gasteiger partial charge in [-0.2, -0.15) is 5.10 Å². The minimum Gasteiger partial charge on any atom is -0.483 e. The number of benzene rings is 1. The molecule has 1 heterocycles. The standard InChI is InChI=1S/C18H21N3O5/c1-12-9-13(18(2,3)4)5-7-15(12)25-11-16(22)20-19-10-14-6-8-17(26-14)21(23)24/h5-10H,11H2,1-4H3,(H,20,22)/b19-10+. The summed E-state index contributed by atoms with van der Waals surface area (Å²) in [4.78, 5) is 21.6. The van der Waals surface area contributed by atoms with E-state index in [1.165, 1.54) is 23.9 Å². The van der Waals surface area contributed by atoms with Gasteiger partial charge in [0.25, 0.3) is 5.91 Å². The molecular weight excluding hydrogens is 338 g/mol. The SMILES string of the molecule is Cc1cc(C(C)(C)C)ccc1OCC(=O)N/N=C/c1ccc([N+](=O)[O-])o1. The van der Waals surface area contributed by atoms with E-state index in [-0.39, 0.29) is 17.8 Å². The topological polar surface area (TPSA) is 107 Å². The Morgan fingerprint density at radius 3 is 2.65 bits per heavy atom. The number of nitrogens with one attached hydrogen (secondary N) is 1. The second-order valence-electron chi connectivity index (χ2n) is 6.75. The number of nitro groups is 1. The molecule has 0 saturated carbocycles. The maximum atomic E-state index is 11.8. The zero-order chi connectivity index (χ0) is 19.3. The molecule has 0 bridgehead atoms. The predicted octanol–water partition coefficient (Wildman–Crippen LogP) is 3.32. The Bertz CT molecular complexity index is 834. The van der Waals surface area contributed by atoms with E-state index in [0.717, 1.165) is 5.56 Å². The molecule has 0 radical (unpaired) electrons. The number of rotatable bonds is 6. The van der Waals surface area contributed by atoms with Crippen LogP contribution in [0.15, 0.2) is 39.9 Å². The van der Waals surface area contributed by atoms with Crippen molar-refractivity contribution < 1.29 is 18.9 Å². The van der Waals surface area contributed by atoms with Crippen molar-refractivity contribution in [1.29, 1.82) is 0 Å². The van der Waals surface area contributed by atoms with E-state index in [9.17, 15) is 14.9 Å². The van der Waals surface area contributed by atoms with Crippen LogP contribution < -0.4 is 10.2 Å². The highest BCUT2D eigenvalue weighted by Gasteiger charge is 2.15. The number of ether oxygens (including phenoxy) is 1. The van der Waals surface area contributed by atoms with Gasteiger partial charge in [0.05, 0.1) is 12.3 Å². The Morgan fingerprint density at radius 1 is 1.35 bits per heavy atom. The summed E-state index contributed by atoms with van der Waals surface area (Å²) in [6.07, 6.45) is 1.17. The van der Waals surface area contributed by atoms with Gasteiger partial charge in [-0.15, -0.1) is 0 Å². The first-order valence-electron chi connectivity index (χ1n) is 7.97. The van der Waals surface area contributed by atoms with Gasteiger partial charge in [0, 0.05) is 0 Å². The number of carbonyl (C=O) groups excluding carboxylic acids is 1. The summed E-state index contributed by atoms with van der Waals surface area (Å²) in [6, 6.07) is 8.44. The third-order valence-corrected chi connectivity index (χ3v) is 3.57. The predicted molar refractivity (Wildman–Crippen MR) is 96.5 cm³/mol. The molecule has 1 aromatic carbocycles. The third kappa shape index (κ3) is 5.17. The quantitative estimate of drug-likeness (QED) is 0.484. The van der Waals surface area contributed by atoms with E-state index >= 15 is 0 Å². The van der Waals surface area contributed by atoms with Crippen LogP contribution in [0, 0.1) is 17.0 Å². The largest absolute Gasteiger partial charge is 0.483 e. The third-order valence-electron chi connectivity index (χ3n) is 3.57. The van der Waals surface area contributed by atoms with Crippen molar-refractivity contribution in [3.63, 3.8) is 0 Å². The van der Waals surface area contributed by atoms with Gasteiger partial charge in [0.1, 0.15) is 10.7 Å². The lowest BCUT2D eigenvalue weighted by Crippen LogP contribution is -2.24. The van der Waals surface area contributed by atoms with Gasteiger partial charge < -0.3 is 9.15 Å². The Kier molecular flexibility index (Phi) is 5.76. The first-order valence-corrected chi connectivity index (χ1v) is 7.97. The molecule has 1 aromatic heterocycles. The summed E-state index contributed by atoms with van der Waals surface area (Å²) in [5.41, 5.74) is 4.43. The molecule has 1 amide bonds. The molecule has 0 aliphatic heterocycles. The molecule has 0 atom stereocenters. The number of amides is 1. The molecule has 2 aromatic rings. The van der Waals surface area contributed by atoms with Crippen LogP contribution in [0.1, 0.15) is 37.7 Å². The minimum atomic E-state index is -0.656. The Balaban J connectivity index is 1.86. The number of furan rings is 1. The second kappa shape index (κ2) is 7.81. The molecule has 0 aliphatic carbocycles. The summed E-state index contributed by atoms with van der Waals surface area (Å²) in [7, 11) is 0. The number of aryl methyl sites for hydroxylation is 1. The van der Waals surface area contributed by atoms with E-state index < -0.39 is 16.7 Å². The van der Waals surface area contributed by atoms with Crippen LogP contribution in [0.5, 0.6) is 5.75 Å². The maximum Gasteiger partial charge on any atom is 0.433 e. The van der Waals surface area contributed by atoms with Crippen LogP contribution >= 0.6 is 0 Å². The molecule has 0 spiro atoms. The van der Waals surface area contributed by atoms with Gasteiger partial charge in [-0.25, -0.2) is 5.43 Å². The monoisotopic (exact) mass is 359 g/mol. The molecule has 0 saturated heterocycles. The lowest BCUT2D eigenvalue weighted by atomic mass is 9.86. The van der Waals surface area contributed by atoms with Crippen molar-refractivity contribution >= 4 is 18.0 Å².